The third kappa shape index (κ3) is 2.42. The van der Waals surface area contributed by atoms with Crippen molar-refractivity contribution < 1.29 is 9.84 Å². The van der Waals surface area contributed by atoms with E-state index in [-0.39, 0.29) is 18.1 Å². The molecule has 4 unspecified atom stereocenters. The average molecular weight is 221 g/mol. The number of pyridine rings is 1. The van der Waals surface area contributed by atoms with Gasteiger partial charge in [0, 0.05) is 18.3 Å². The summed E-state index contributed by atoms with van der Waals surface area (Å²) in [7, 11) is 0. The van der Waals surface area contributed by atoms with Crippen LogP contribution in [-0.4, -0.2) is 28.4 Å². The Labute approximate surface area is 96.5 Å². The highest BCUT2D eigenvalue weighted by atomic mass is 16.5. The van der Waals surface area contributed by atoms with Crippen LogP contribution in [0.15, 0.2) is 24.5 Å². The van der Waals surface area contributed by atoms with Crippen molar-refractivity contribution in [2.24, 2.45) is 0 Å². The van der Waals surface area contributed by atoms with Crippen molar-refractivity contribution in [3.8, 4) is 0 Å². The summed E-state index contributed by atoms with van der Waals surface area (Å²) in [5, 5.41) is 10.2. The van der Waals surface area contributed by atoms with E-state index in [2.05, 4.69) is 11.9 Å². The number of ether oxygens (including phenoxy) is 1. The molecular weight excluding hydrogens is 202 g/mol. The highest BCUT2D eigenvalue weighted by Crippen LogP contribution is 2.29. The number of hydrogen-bond acceptors (Lipinski definition) is 3. The first-order chi connectivity index (χ1) is 7.68. The molecule has 2 rings (SSSR count). The van der Waals surface area contributed by atoms with E-state index in [9.17, 15) is 5.11 Å². The Balaban J connectivity index is 2.02. The van der Waals surface area contributed by atoms with Crippen molar-refractivity contribution in [1.29, 1.82) is 0 Å². The number of nitrogens with zero attached hydrogens (tertiary/aromatic N) is 1. The third-order valence-electron chi connectivity index (χ3n) is 3.39. The van der Waals surface area contributed by atoms with Crippen LogP contribution in [0.3, 0.4) is 0 Å². The summed E-state index contributed by atoms with van der Waals surface area (Å²) in [6.07, 6.45) is 5.37. The average Bonchev–Trinajstić information content (AvgIpc) is 2.75. The van der Waals surface area contributed by atoms with Gasteiger partial charge in [-0.05, 0) is 37.5 Å². The molecule has 3 heteroatoms. The lowest BCUT2D eigenvalue weighted by Gasteiger charge is -2.24. The molecule has 0 saturated carbocycles. The van der Waals surface area contributed by atoms with Gasteiger partial charge in [-0.2, -0.15) is 0 Å². The van der Waals surface area contributed by atoms with E-state index in [1.165, 1.54) is 0 Å². The third-order valence-corrected chi connectivity index (χ3v) is 3.39. The van der Waals surface area contributed by atoms with E-state index >= 15 is 0 Å². The Morgan fingerprint density at radius 3 is 2.62 bits per heavy atom. The van der Waals surface area contributed by atoms with Crippen molar-refractivity contribution in [3.05, 3.63) is 30.1 Å². The predicted octanol–water partition coefficient (Wildman–Crippen LogP) is 2.11. The van der Waals surface area contributed by atoms with Gasteiger partial charge in [-0.1, -0.05) is 6.92 Å². The lowest BCUT2D eigenvalue weighted by Crippen LogP contribution is -2.31. The minimum absolute atomic E-state index is 0.0156. The lowest BCUT2D eigenvalue weighted by molar-refractivity contribution is -0.0372. The van der Waals surface area contributed by atoms with Crippen LogP contribution in [0.4, 0.5) is 0 Å². The Kier molecular flexibility index (Phi) is 3.56. The molecule has 0 spiro atoms. The highest BCUT2D eigenvalue weighted by molar-refractivity contribution is 5.17. The minimum atomic E-state index is -0.424. The van der Waals surface area contributed by atoms with Crippen LogP contribution in [0.2, 0.25) is 0 Å². The van der Waals surface area contributed by atoms with Crippen LogP contribution in [-0.2, 0) is 4.74 Å². The zero-order valence-corrected chi connectivity index (χ0v) is 9.84. The fourth-order valence-corrected chi connectivity index (χ4v) is 2.27. The van der Waals surface area contributed by atoms with Crippen LogP contribution in [0, 0.1) is 0 Å². The summed E-state index contributed by atoms with van der Waals surface area (Å²) in [6.45, 7) is 4.09. The molecule has 88 valence electrons. The van der Waals surface area contributed by atoms with Gasteiger partial charge in [0.25, 0.3) is 0 Å². The molecule has 4 atom stereocenters. The molecule has 1 fully saturated rings. The Bertz CT molecular complexity index is 328. The van der Waals surface area contributed by atoms with Crippen LogP contribution in [0.25, 0.3) is 0 Å². The molecule has 1 aliphatic heterocycles. The molecule has 1 aliphatic rings. The van der Waals surface area contributed by atoms with E-state index < -0.39 is 6.10 Å². The summed E-state index contributed by atoms with van der Waals surface area (Å²) < 4.78 is 5.70. The van der Waals surface area contributed by atoms with Crippen molar-refractivity contribution >= 4 is 0 Å². The fraction of sp³-hybridized carbons (Fsp3) is 0.615. The smallest absolute Gasteiger partial charge is 0.0867 e. The molecule has 1 aromatic rings. The summed E-state index contributed by atoms with van der Waals surface area (Å²) in [4.78, 5) is 3.98. The van der Waals surface area contributed by atoms with E-state index in [0.717, 1.165) is 18.4 Å². The zero-order valence-electron chi connectivity index (χ0n) is 9.84. The number of aromatic nitrogens is 1. The van der Waals surface area contributed by atoms with Gasteiger partial charge in [0.2, 0.25) is 0 Å². The van der Waals surface area contributed by atoms with Gasteiger partial charge in [0.15, 0.2) is 0 Å². The van der Waals surface area contributed by atoms with E-state index in [0.29, 0.717) is 0 Å². The summed E-state index contributed by atoms with van der Waals surface area (Å²) in [5.74, 6) is 0.0956. The maximum absolute atomic E-state index is 10.2. The summed E-state index contributed by atoms with van der Waals surface area (Å²) >= 11 is 0. The molecule has 1 saturated heterocycles. The first-order valence-electron chi connectivity index (χ1n) is 5.92. The molecule has 0 amide bonds. The second kappa shape index (κ2) is 4.93. The Morgan fingerprint density at radius 1 is 1.38 bits per heavy atom. The zero-order chi connectivity index (χ0) is 11.5. The van der Waals surface area contributed by atoms with Gasteiger partial charge in [0.05, 0.1) is 18.3 Å². The normalized spacial score (nSPS) is 28.9. The molecule has 0 aliphatic carbocycles. The summed E-state index contributed by atoms with van der Waals surface area (Å²) in [5.41, 5.74) is 1.12. The minimum Gasteiger partial charge on any atom is -0.390 e. The van der Waals surface area contributed by atoms with Gasteiger partial charge in [-0.3, -0.25) is 4.98 Å². The molecule has 1 aromatic heterocycles. The maximum atomic E-state index is 10.2. The number of hydrogen-bond donors (Lipinski definition) is 1. The number of rotatable bonds is 3. The van der Waals surface area contributed by atoms with Gasteiger partial charge in [0.1, 0.15) is 0 Å². The van der Waals surface area contributed by atoms with E-state index in [4.69, 9.17) is 4.74 Å². The van der Waals surface area contributed by atoms with Crippen LogP contribution < -0.4 is 0 Å². The van der Waals surface area contributed by atoms with Gasteiger partial charge in [-0.25, -0.2) is 0 Å². The summed E-state index contributed by atoms with van der Waals surface area (Å²) in [6, 6.07) is 3.90. The molecule has 16 heavy (non-hydrogen) atoms. The van der Waals surface area contributed by atoms with Gasteiger partial charge in [-0.15, -0.1) is 0 Å². The maximum Gasteiger partial charge on any atom is 0.0867 e. The molecule has 3 nitrogen and oxygen atoms in total. The van der Waals surface area contributed by atoms with Crippen molar-refractivity contribution in [1.82, 2.24) is 4.98 Å². The number of aliphatic hydroxyl groups excluding tert-OH is 1. The SMILES string of the molecule is CC1CCC(C(O)C(C)c2ccncc2)O1. The van der Waals surface area contributed by atoms with Gasteiger partial charge >= 0.3 is 0 Å². The fourth-order valence-electron chi connectivity index (χ4n) is 2.27. The van der Waals surface area contributed by atoms with Crippen molar-refractivity contribution in [3.63, 3.8) is 0 Å². The van der Waals surface area contributed by atoms with Crippen LogP contribution in [0.1, 0.15) is 38.2 Å². The molecule has 0 radical (unpaired) electrons. The molecular formula is C13H19NO2. The van der Waals surface area contributed by atoms with Crippen LogP contribution in [0.5, 0.6) is 0 Å². The second-order valence-corrected chi connectivity index (χ2v) is 4.62. The largest absolute Gasteiger partial charge is 0.390 e. The van der Waals surface area contributed by atoms with Crippen molar-refractivity contribution in [2.45, 2.75) is 50.9 Å². The van der Waals surface area contributed by atoms with Gasteiger partial charge < -0.3 is 9.84 Å². The standard InChI is InChI=1S/C13H19NO2/c1-9-3-4-12(16-9)13(15)10(2)11-5-7-14-8-6-11/h5-10,12-13,15H,3-4H2,1-2H3. The molecule has 0 aromatic carbocycles. The molecule has 1 N–H and O–H groups in total. The van der Waals surface area contributed by atoms with Crippen LogP contribution >= 0.6 is 0 Å². The number of aliphatic hydroxyl groups is 1. The van der Waals surface area contributed by atoms with E-state index in [1.807, 2.05) is 19.1 Å². The van der Waals surface area contributed by atoms with E-state index in [1.54, 1.807) is 12.4 Å². The molecule has 2 heterocycles. The topological polar surface area (TPSA) is 42.4 Å². The monoisotopic (exact) mass is 221 g/mol. The second-order valence-electron chi connectivity index (χ2n) is 4.62. The first-order valence-corrected chi connectivity index (χ1v) is 5.92. The lowest BCUT2D eigenvalue weighted by atomic mass is 9.92. The Morgan fingerprint density at radius 2 is 2.06 bits per heavy atom. The predicted molar refractivity (Wildman–Crippen MR) is 62.2 cm³/mol. The highest BCUT2D eigenvalue weighted by Gasteiger charge is 2.32. The quantitative estimate of drug-likeness (QED) is 0.850. The first kappa shape index (κ1) is 11.6. The Hall–Kier alpha value is -0.930. The molecule has 0 bridgehead atoms. The van der Waals surface area contributed by atoms with Crippen molar-refractivity contribution in [2.75, 3.05) is 0 Å².